The highest BCUT2D eigenvalue weighted by Crippen LogP contribution is 2.63. The maximum atomic E-state index is 6.70. The molecule has 1 atom stereocenters. The predicted octanol–water partition coefficient (Wildman–Crippen LogP) is 8.58. The van der Waals surface area contributed by atoms with Crippen molar-refractivity contribution >= 4 is 15.9 Å². The van der Waals surface area contributed by atoms with Crippen LogP contribution in [0, 0.1) is 0 Å². The van der Waals surface area contributed by atoms with Gasteiger partial charge in [-0.3, -0.25) is 0 Å². The summed E-state index contributed by atoms with van der Waals surface area (Å²) in [5.41, 5.74) is 9.37. The second-order valence-electron chi connectivity index (χ2n) is 8.63. The molecule has 0 radical (unpaired) electrons. The van der Waals surface area contributed by atoms with E-state index in [1.165, 1.54) is 33.4 Å². The Labute approximate surface area is 201 Å². The Bertz CT molecular complexity index is 1550. The van der Waals surface area contributed by atoms with Gasteiger partial charge in [0.1, 0.15) is 11.5 Å². The minimum absolute atomic E-state index is 0.440. The summed E-state index contributed by atoms with van der Waals surface area (Å²) >= 11 is 3.76. The first kappa shape index (κ1) is 18.9. The molecule has 1 aliphatic heterocycles. The van der Waals surface area contributed by atoms with E-state index < -0.39 is 5.41 Å². The lowest BCUT2D eigenvalue weighted by molar-refractivity contribution is 0.438. The van der Waals surface area contributed by atoms with Gasteiger partial charge < -0.3 is 4.74 Å². The van der Waals surface area contributed by atoms with Gasteiger partial charge in [-0.2, -0.15) is 0 Å². The van der Waals surface area contributed by atoms with Crippen LogP contribution < -0.4 is 4.74 Å². The van der Waals surface area contributed by atoms with Crippen molar-refractivity contribution in [3.8, 4) is 33.8 Å². The molecule has 5 aromatic carbocycles. The summed E-state index contributed by atoms with van der Waals surface area (Å²) in [5, 5.41) is 0. The molecule has 1 nitrogen and oxygen atoms in total. The van der Waals surface area contributed by atoms with Crippen molar-refractivity contribution in [3.63, 3.8) is 0 Å². The van der Waals surface area contributed by atoms with Crippen molar-refractivity contribution in [2.45, 2.75) is 5.41 Å². The van der Waals surface area contributed by atoms with Crippen molar-refractivity contribution in [1.82, 2.24) is 0 Å². The third-order valence-corrected chi connectivity index (χ3v) is 7.51. The SMILES string of the molecule is Brc1ccc2c(c1)C1(c3ccccc3Oc3c(-c4ccccc4)cccc31)c1ccccc1-2. The molecular weight excluding hydrogens is 468 g/mol. The molecule has 7 rings (SSSR count). The van der Waals surface area contributed by atoms with Gasteiger partial charge in [0.2, 0.25) is 0 Å². The van der Waals surface area contributed by atoms with Crippen LogP contribution in [0.25, 0.3) is 22.3 Å². The lowest BCUT2D eigenvalue weighted by Crippen LogP contribution is -2.32. The third kappa shape index (κ3) is 2.47. The number of halogens is 1. The van der Waals surface area contributed by atoms with E-state index in [1.807, 2.05) is 0 Å². The number of rotatable bonds is 1. The van der Waals surface area contributed by atoms with Crippen molar-refractivity contribution in [2.24, 2.45) is 0 Å². The molecule has 0 aromatic heterocycles. The molecule has 0 saturated carbocycles. The highest BCUT2D eigenvalue weighted by molar-refractivity contribution is 9.10. The molecule has 0 amide bonds. The third-order valence-electron chi connectivity index (χ3n) is 7.01. The Hall–Kier alpha value is -3.62. The second-order valence-corrected chi connectivity index (χ2v) is 9.55. The first-order valence-electron chi connectivity index (χ1n) is 11.1. The van der Waals surface area contributed by atoms with E-state index in [2.05, 4.69) is 131 Å². The molecule has 1 spiro atoms. The van der Waals surface area contributed by atoms with Crippen LogP contribution in [-0.4, -0.2) is 0 Å². The van der Waals surface area contributed by atoms with Crippen LogP contribution in [0.3, 0.4) is 0 Å². The first-order chi connectivity index (χ1) is 16.3. The molecular formula is C31H19BrO. The monoisotopic (exact) mass is 486 g/mol. The first-order valence-corrected chi connectivity index (χ1v) is 11.9. The van der Waals surface area contributed by atoms with Crippen molar-refractivity contribution < 1.29 is 4.74 Å². The molecule has 2 heteroatoms. The summed E-state index contributed by atoms with van der Waals surface area (Å²) in [4.78, 5) is 0. The van der Waals surface area contributed by atoms with Gasteiger partial charge in [-0.05, 0) is 46.0 Å². The summed E-state index contributed by atoms with van der Waals surface area (Å²) in [6.07, 6.45) is 0. The Morgan fingerprint density at radius 2 is 1.18 bits per heavy atom. The van der Waals surface area contributed by atoms with Crippen LogP contribution in [0.1, 0.15) is 22.3 Å². The van der Waals surface area contributed by atoms with Gasteiger partial charge in [0.05, 0.1) is 5.41 Å². The minimum atomic E-state index is -0.440. The van der Waals surface area contributed by atoms with Gasteiger partial charge in [0.25, 0.3) is 0 Å². The van der Waals surface area contributed by atoms with E-state index in [-0.39, 0.29) is 0 Å². The van der Waals surface area contributed by atoms with E-state index >= 15 is 0 Å². The highest BCUT2D eigenvalue weighted by atomic mass is 79.9. The molecule has 1 heterocycles. The number of hydrogen-bond acceptors (Lipinski definition) is 1. The van der Waals surface area contributed by atoms with Crippen LogP contribution in [-0.2, 0) is 5.41 Å². The summed E-state index contributed by atoms with van der Waals surface area (Å²) in [5.74, 6) is 1.85. The molecule has 1 aliphatic carbocycles. The molecule has 0 N–H and O–H groups in total. The standard InChI is InChI=1S/C31H19BrO/c32-21-17-18-24-23-11-4-5-13-25(23)31(28(24)19-21)26-14-6-7-16-29(26)33-30-22(12-8-15-27(30)31)20-9-2-1-3-10-20/h1-19H. The molecule has 0 bridgehead atoms. The quantitative estimate of drug-likeness (QED) is 0.225. The Morgan fingerprint density at radius 3 is 2.06 bits per heavy atom. The van der Waals surface area contributed by atoms with E-state index in [9.17, 15) is 0 Å². The fourth-order valence-corrected chi connectivity index (χ4v) is 6.10. The van der Waals surface area contributed by atoms with Gasteiger partial charge in [-0.25, -0.2) is 0 Å². The topological polar surface area (TPSA) is 9.23 Å². The Balaban J connectivity index is 1.67. The second kappa shape index (κ2) is 6.94. The number of hydrogen-bond donors (Lipinski definition) is 0. The van der Waals surface area contributed by atoms with E-state index in [1.54, 1.807) is 0 Å². The van der Waals surface area contributed by atoms with Crippen LogP contribution in [0.4, 0.5) is 0 Å². The lowest BCUT2D eigenvalue weighted by atomic mass is 9.65. The Kier molecular flexibility index (Phi) is 3.97. The van der Waals surface area contributed by atoms with E-state index in [4.69, 9.17) is 4.74 Å². The Morgan fingerprint density at radius 1 is 0.515 bits per heavy atom. The number of benzene rings is 5. The maximum Gasteiger partial charge on any atom is 0.140 e. The van der Waals surface area contributed by atoms with Crippen LogP contribution in [0.2, 0.25) is 0 Å². The lowest BCUT2D eigenvalue weighted by Gasteiger charge is -2.40. The van der Waals surface area contributed by atoms with Crippen LogP contribution in [0.5, 0.6) is 11.5 Å². The predicted molar refractivity (Wildman–Crippen MR) is 137 cm³/mol. The van der Waals surface area contributed by atoms with Gasteiger partial charge in [0, 0.05) is 21.2 Å². The van der Waals surface area contributed by atoms with E-state index in [0.717, 1.165) is 27.1 Å². The van der Waals surface area contributed by atoms with E-state index in [0.29, 0.717) is 0 Å². The van der Waals surface area contributed by atoms with Gasteiger partial charge in [-0.1, -0.05) is 113 Å². The molecule has 2 aliphatic rings. The average Bonchev–Trinajstić information content (AvgIpc) is 3.15. The fourth-order valence-electron chi connectivity index (χ4n) is 5.74. The van der Waals surface area contributed by atoms with Gasteiger partial charge >= 0.3 is 0 Å². The van der Waals surface area contributed by atoms with Gasteiger partial charge in [-0.15, -0.1) is 0 Å². The zero-order valence-corrected chi connectivity index (χ0v) is 19.3. The molecule has 156 valence electrons. The molecule has 0 fully saturated rings. The summed E-state index contributed by atoms with van der Waals surface area (Å²) < 4.78 is 7.78. The molecule has 33 heavy (non-hydrogen) atoms. The fraction of sp³-hybridized carbons (Fsp3) is 0.0323. The van der Waals surface area contributed by atoms with Crippen molar-refractivity contribution in [1.29, 1.82) is 0 Å². The minimum Gasteiger partial charge on any atom is -0.456 e. The zero-order valence-electron chi connectivity index (χ0n) is 17.8. The largest absolute Gasteiger partial charge is 0.456 e. The van der Waals surface area contributed by atoms with Crippen molar-refractivity contribution in [3.05, 3.63) is 142 Å². The summed E-state index contributed by atoms with van der Waals surface area (Å²) in [6, 6.07) is 41.1. The molecule has 5 aromatic rings. The average molecular weight is 487 g/mol. The summed E-state index contributed by atoms with van der Waals surface area (Å²) in [6.45, 7) is 0. The number of para-hydroxylation sites is 2. The van der Waals surface area contributed by atoms with Crippen LogP contribution in [0.15, 0.2) is 120 Å². The number of ether oxygens (including phenoxy) is 1. The van der Waals surface area contributed by atoms with Crippen LogP contribution >= 0.6 is 15.9 Å². The van der Waals surface area contributed by atoms with Crippen molar-refractivity contribution in [2.75, 3.05) is 0 Å². The van der Waals surface area contributed by atoms with Gasteiger partial charge in [0.15, 0.2) is 0 Å². The zero-order chi connectivity index (χ0) is 22.0. The maximum absolute atomic E-state index is 6.70. The normalized spacial score (nSPS) is 17.0. The number of fused-ring (bicyclic) bond motifs is 9. The summed E-state index contributed by atoms with van der Waals surface area (Å²) in [7, 11) is 0. The molecule has 0 saturated heterocycles. The highest BCUT2D eigenvalue weighted by Gasteiger charge is 2.51. The smallest absolute Gasteiger partial charge is 0.140 e. The molecule has 1 unspecified atom stereocenters.